The third kappa shape index (κ3) is 6.18. The lowest BCUT2D eigenvalue weighted by molar-refractivity contribution is -0.144. The summed E-state index contributed by atoms with van der Waals surface area (Å²) in [6.07, 6.45) is 0.466. The van der Waals surface area contributed by atoms with Crippen LogP contribution >= 0.6 is 0 Å². The van der Waals surface area contributed by atoms with E-state index < -0.39 is 5.97 Å². The highest BCUT2D eigenvalue weighted by atomic mass is 16.5. The van der Waals surface area contributed by atoms with Gasteiger partial charge in [0.2, 0.25) is 5.91 Å². The molecule has 4 nitrogen and oxygen atoms in total. The second-order valence-corrected chi connectivity index (χ2v) is 5.03. The molecule has 1 aromatic rings. The van der Waals surface area contributed by atoms with Crippen molar-refractivity contribution in [3.63, 3.8) is 0 Å². The molecule has 20 heavy (non-hydrogen) atoms. The van der Waals surface area contributed by atoms with E-state index in [0.717, 1.165) is 5.56 Å². The molecule has 0 aromatic heterocycles. The van der Waals surface area contributed by atoms with Crippen molar-refractivity contribution in [2.45, 2.75) is 20.3 Å². The van der Waals surface area contributed by atoms with Crippen LogP contribution < -0.4 is 5.32 Å². The molecule has 108 valence electrons. The Balaban J connectivity index is 2.32. The molecule has 1 rings (SSSR count). The fourth-order valence-electron chi connectivity index (χ4n) is 1.51. The van der Waals surface area contributed by atoms with Gasteiger partial charge in [-0.05, 0) is 11.5 Å². The van der Waals surface area contributed by atoms with Crippen molar-refractivity contribution in [2.24, 2.45) is 5.92 Å². The normalized spacial score (nSPS) is 10.2. The lowest BCUT2D eigenvalue weighted by atomic mass is 10.1. The third-order valence-electron chi connectivity index (χ3n) is 2.55. The number of ether oxygens (including phenoxy) is 1. The highest BCUT2D eigenvalue weighted by Crippen LogP contribution is 2.06. The van der Waals surface area contributed by atoms with Crippen molar-refractivity contribution in [1.82, 2.24) is 5.32 Å². The minimum atomic E-state index is -0.431. The number of rotatable bonds is 7. The molecule has 0 unspecified atom stereocenters. The van der Waals surface area contributed by atoms with Gasteiger partial charge in [0.15, 0.2) is 0 Å². The zero-order chi connectivity index (χ0) is 15.0. The van der Waals surface area contributed by atoms with Crippen LogP contribution in [0.25, 0.3) is 0 Å². The van der Waals surface area contributed by atoms with Crippen LogP contribution in [0, 0.1) is 5.92 Å². The molecule has 1 aromatic carbocycles. The molecule has 0 saturated heterocycles. The Hall–Kier alpha value is -2.10. The van der Waals surface area contributed by atoms with E-state index in [4.69, 9.17) is 4.74 Å². The summed E-state index contributed by atoms with van der Waals surface area (Å²) >= 11 is 0. The van der Waals surface area contributed by atoms with Crippen molar-refractivity contribution in [2.75, 3.05) is 13.2 Å². The molecule has 0 radical (unpaired) electrons. The number of nitrogens with one attached hydrogen (secondary N) is 1. The summed E-state index contributed by atoms with van der Waals surface area (Å²) in [7, 11) is 0. The van der Waals surface area contributed by atoms with Crippen molar-refractivity contribution in [3.8, 4) is 0 Å². The highest BCUT2D eigenvalue weighted by molar-refractivity contribution is 5.95. The molecule has 0 fully saturated rings. The Labute approximate surface area is 119 Å². The topological polar surface area (TPSA) is 55.4 Å². The van der Waals surface area contributed by atoms with E-state index in [9.17, 15) is 9.59 Å². The van der Waals surface area contributed by atoms with Crippen LogP contribution in [0.5, 0.6) is 0 Å². The molecular formula is C16H21NO3. The number of hydrogen-bond acceptors (Lipinski definition) is 3. The number of benzene rings is 1. The van der Waals surface area contributed by atoms with Crippen LogP contribution in [0.2, 0.25) is 0 Å². The maximum absolute atomic E-state index is 11.8. The Morgan fingerprint density at radius 1 is 1.25 bits per heavy atom. The molecule has 0 aliphatic rings. The first-order valence-corrected chi connectivity index (χ1v) is 6.64. The lowest BCUT2D eigenvalue weighted by Crippen LogP contribution is -2.32. The standard InChI is InChI=1S/C16H21NO3/c1-12(2)11-20-15(18)10-17-16(19)13(3)9-14-7-5-4-6-8-14/h4-8,12H,3,9-11H2,1-2H3,(H,17,19). The predicted octanol–water partition coefficient (Wildman–Crippen LogP) is 2.10. The van der Waals surface area contributed by atoms with Gasteiger partial charge in [-0.25, -0.2) is 0 Å². The zero-order valence-corrected chi connectivity index (χ0v) is 12.0. The maximum atomic E-state index is 11.8. The zero-order valence-electron chi connectivity index (χ0n) is 12.0. The minimum Gasteiger partial charge on any atom is -0.464 e. The average Bonchev–Trinajstić information content (AvgIpc) is 2.43. The second-order valence-electron chi connectivity index (χ2n) is 5.03. The first-order valence-electron chi connectivity index (χ1n) is 6.64. The Bertz CT molecular complexity index is 466. The van der Waals surface area contributed by atoms with Crippen molar-refractivity contribution >= 4 is 11.9 Å². The summed E-state index contributed by atoms with van der Waals surface area (Å²) in [6.45, 7) is 7.88. The summed E-state index contributed by atoms with van der Waals surface area (Å²) in [5.41, 5.74) is 1.43. The molecule has 0 aliphatic carbocycles. The Kier molecular flexibility index (Phi) is 6.50. The molecule has 1 N–H and O–H groups in total. The number of amides is 1. The van der Waals surface area contributed by atoms with Crippen LogP contribution in [0.15, 0.2) is 42.5 Å². The van der Waals surface area contributed by atoms with Crippen LogP contribution in [0.4, 0.5) is 0 Å². The maximum Gasteiger partial charge on any atom is 0.325 e. The second kappa shape index (κ2) is 8.15. The van der Waals surface area contributed by atoms with Gasteiger partial charge in [0.1, 0.15) is 6.54 Å². The molecule has 0 spiro atoms. The molecule has 4 heteroatoms. The highest BCUT2D eigenvalue weighted by Gasteiger charge is 2.10. The summed E-state index contributed by atoms with van der Waals surface area (Å²) in [5.74, 6) is -0.474. The van der Waals surface area contributed by atoms with Crippen molar-refractivity contribution in [1.29, 1.82) is 0 Å². The largest absolute Gasteiger partial charge is 0.464 e. The molecule has 0 heterocycles. The van der Waals surface area contributed by atoms with Gasteiger partial charge in [-0.1, -0.05) is 50.8 Å². The fourth-order valence-corrected chi connectivity index (χ4v) is 1.51. The number of esters is 1. The predicted molar refractivity (Wildman–Crippen MR) is 78.1 cm³/mol. The molecule has 0 saturated carbocycles. The number of carbonyl (C=O) groups is 2. The minimum absolute atomic E-state index is 0.126. The van der Waals surface area contributed by atoms with Crippen molar-refractivity contribution in [3.05, 3.63) is 48.0 Å². The Morgan fingerprint density at radius 2 is 1.90 bits per heavy atom. The molecular weight excluding hydrogens is 254 g/mol. The summed E-state index contributed by atoms with van der Waals surface area (Å²) in [4.78, 5) is 23.1. The van der Waals surface area contributed by atoms with E-state index in [1.807, 2.05) is 44.2 Å². The van der Waals surface area contributed by atoms with Gasteiger partial charge in [-0.3, -0.25) is 9.59 Å². The van der Waals surface area contributed by atoms with Crippen LogP contribution in [-0.4, -0.2) is 25.0 Å². The van der Waals surface area contributed by atoms with Gasteiger partial charge in [0.05, 0.1) is 6.61 Å². The third-order valence-corrected chi connectivity index (χ3v) is 2.55. The van der Waals surface area contributed by atoms with Gasteiger partial charge >= 0.3 is 5.97 Å². The van der Waals surface area contributed by atoms with Gasteiger partial charge in [0, 0.05) is 12.0 Å². The van der Waals surface area contributed by atoms with Crippen LogP contribution in [0.3, 0.4) is 0 Å². The van der Waals surface area contributed by atoms with Crippen LogP contribution in [0.1, 0.15) is 19.4 Å². The molecule has 0 aliphatic heterocycles. The van der Waals surface area contributed by atoms with E-state index in [0.29, 0.717) is 18.6 Å². The number of hydrogen-bond donors (Lipinski definition) is 1. The van der Waals surface area contributed by atoms with Gasteiger partial charge < -0.3 is 10.1 Å². The first kappa shape index (κ1) is 16.0. The summed E-state index contributed by atoms with van der Waals surface area (Å²) < 4.78 is 4.97. The summed E-state index contributed by atoms with van der Waals surface area (Å²) in [6, 6.07) is 9.58. The first-order chi connectivity index (χ1) is 9.49. The fraction of sp³-hybridized carbons (Fsp3) is 0.375. The van der Waals surface area contributed by atoms with Gasteiger partial charge in [-0.15, -0.1) is 0 Å². The average molecular weight is 275 g/mol. The van der Waals surface area contributed by atoms with E-state index in [-0.39, 0.29) is 18.4 Å². The molecule has 0 bridgehead atoms. The molecule has 0 atom stereocenters. The lowest BCUT2D eigenvalue weighted by Gasteiger charge is -2.09. The Morgan fingerprint density at radius 3 is 2.50 bits per heavy atom. The van der Waals surface area contributed by atoms with Gasteiger partial charge in [0.25, 0.3) is 0 Å². The van der Waals surface area contributed by atoms with Gasteiger partial charge in [-0.2, -0.15) is 0 Å². The van der Waals surface area contributed by atoms with Crippen LogP contribution in [-0.2, 0) is 20.7 Å². The smallest absolute Gasteiger partial charge is 0.325 e. The van der Waals surface area contributed by atoms with Crippen molar-refractivity contribution < 1.29 is 14.3 Å². The molecule has 1 amide bonds. The van der Waals surface area contributed by atoms with E-state index in [1.165, 1.54) is 0 Å². The quantitative estimate of drug-likeness (QED) is 0.612. The van der Waals surface area contributed by atoms with E-state index in [2.05, 4.69) is 11.9 Å². The monoisotopic (exact) mass is 275 g/mol. The van der Waals surface area contributed by atoms with E-state index in [1.54, 1.807) is 0 Å². The van der Waals surface area contributed by atoms with E-state index >= 15 is 0 Å². The summed E-state index contributed by atoms with van der Waals surface area (Å²) in [5, 5.41) is 2.51. The SMILES string of the molecule is C=C(Cc1ccccc1)C(=O)NCC(=O)OCC(C)C. The number of carbonyl (C=O) groups excluding carboxylic acids is 2.